The van der Waals surface area contributed by atoms with Gasteiger partial charge in [-0.3, -0.25) is 9.29 Å². The van der Waals surface area contributed by atoms with Crippen molar-refractivity contribution in [2.45, 2.75) is 6.42 Å². The summed E-state index contributed by atoms with van der Waals surface area (Å²) in [6.45, 7) is 0. The van der Waals surface area contributed by atoms with Crippen LogP contribution in [0.2, 0.25) is 0 Å². The van der Waals surface area contributed by atoms with Crippen molar-refractivity contribution in [3.8, 4) is 34.6 Å². The maximum Gasteiger partial charge on any atom is 0.239 e. The predicted octanol–water partition coefficient (Wildman–Crippen LogP) is 4.80. The molecule has 10 heteroatoms. The lowest BCUT2D eigenvalue weighted by molar-refractivity contribution is 0.391. The Morgan fingerprint density at radius 3 is 2.26 bits per heavy atom. The molecule has 34 heavy (non-hydrogen) atoms. The van der Waals surface area contributed by atoms with E-state index in [0.717, 1.165) is 17.7 Å². The Hall–Kier alpha value is -3.79. The molecule has 176 valence electrons. The van der Waals surface area contributed by atoms with E-state index in [9.17, 15) is 4.39 Å². The Labute approximate surface area is 201 Å². The van der Waals surface area contributed by atoms with E-state index in [1.54, 1.807) is 39.5 Å². The lowest BCUT2D eigenvalue weighted by Crippen LogP contribution is -2.07. The van der Waals surface area contributed by atoms with Crippen LogP contribution < -0.4 is 18.9 Å². The third-order valence-corrected chi connectivity index (χ3v) is 5.75. The molecule has 0 aliphatic heterocycles. The zero-order chi connectivity index (χ0) is 23.9. The van der Waals surface area contributed by atoms with Crippen LogP contribution in [-0.4, -0.2) is 46.8 Å². The van der Waals surface area contributed by atoms with Crippen LogP contribution in [0.4, 0.5) is 10.3 Å². The van der Waals surface area contributed by atoms with E-state index in [4.69, 9.17) is 14.2 Å². The fourth-order valence-electron chi connectivity index (χ4n) is 3.37. The minimum atomic E-state index is -0.243. The topological polar surface area (TPSA) is 83.3 Å². The van der Waals surface area contributed by atoms with Crippen molar-refractivity contribution in [2.75, 3.05) is 31.8 Å². The molecule has 2 aromatic heterocycles. The number of methoxy groups -OCH3 is 3. The van der Waals surface area contributed by atoms with Gasteiger partial charge in [0.1, 0.15) is 28.7 Å². The van der Waals surface area contributed by atoms with Gasteiger partial charge in [0.05, 0.1) is 21.3 Å². The number of benzene rings is 2. The van der Waals surface area contributed by atoms with E-state index in [2.05, 4.69) is 19.9 Å². The monoisotopic (exact) mass is 481 g/mol. The Bertz CT molecular complexity index is 1230. The number of ether oxygens (including phenoxy) is 3. The van der Waals surface area contributed by atoms with Crippen molar-refractivity contribution in [1.29, 1.82) is 0 Å². The fourth-order valence-corrected chi connectivity index (χ4v) is 4.07. The van der Waals surface area contributed by atoms with Crippen molar-refractivity contribution >= 4 is 17.9 Å². The predicted molar refractivity (Wildman–Crippen MR) is 130 cm³/mol. The number of nitrogens with one attached hydrogen (secondary N) is 1. The highest BCUT2D eigenvalue weighted by Crippen LogP contribution is 2.37. The van der Waals surface area contributed by atoms with Crippen molar-refractivity contribution in [3.05, 3.63) is 72.0 Å². The van der Waals surface area contributed by atoms with Crippen LogP contribution in [0.3, 0.4) is 0 Å². The van der Waals surface area contributed by atoms with Gasteiger partial charge < -0.3 is 14.2 Å². The fraction of sp³-hybridized carbons (Fsp3) is 0.208. The van der Waals surface area contributed by atoms with Gasteiger partial charge in [0, 0.05) is 11.8 Å². The molecule has 0 spiro atoms. The van der Waals surface area contributed by atoms with E-state index < -0.39 is 0 Å². The molecular weight excluding hydrogens is 457 g/mol. The number of nitrogens with zero attached hydrogens (tertiary/aromatic N) is 4. The summed E-state index contributed by atoms with van der Waals surface area (Å²) in [4.78, 5) is 4.52. The maximum atomic E-state index is 13.1. The standard InChI is InChI=1S/C24H24FN5O3S/c1-31-19-7-5-8-20(32-2)22(19)30-23(18-6-4-9-21(26-18)33-3)27-28-24(30)29-34-15-14-16-10-12-17(25)13-11-16/h4-13H,14-15H2,1-3H3,(H,28,29). The summed E-state index contributed by atoms with van der Waals surface area (Å²) in [5, 5.41) is 8.77. The lowest BCUT2D eigenvalue weighted by Gasteiger charge is -2.17. The summed E-state index contributed by atoms with van der Waals surface area (Å²) in [6, 6.07) is 17.4. The van der Waals surface area contributed by atoms with Crippen LogP contribution in [0.5, 0.6) is 17.4 Å². The molecule has 4 rings (SSSR count). The Morgan fingerprint density at radius 2 is 1.59 bits per heavy atom. The van der Waals surface area contributed by atoms with Crippen molar-refractivity contribution in [2.24, 2.45) is 0 Å². The van der Waals surface area contributed by atoms with Gasteiger partial charge in [0.25, 0.3) is 0 Å². The van der Waals surface area contributed by atoms with E-state index in [1.165, 1.54) is 24.1 Å². The summed E-state index contributed by atoms with van der Waals surface area (Å²) in [5.41, 5.74) is 2.26. The Balaban J connectivity index is 1.68. The quantitative estimate of drug-likeness (QED) is 0.256. The average molecular weight is 482 g/mol. The third kappa shape index (κ3) is 5.07. The molecule has 0 atom stereocenters. The maximum absolute atomic E-state index is 13.1. The number of hydrogen-bond donors (Lipinski definition) is 1. The molecule has 0 fully saturated rings. The van der Waals surface area contributed by atoms with Gasteiger partial charge in [-0.1, -0.05) is 24.3 Å². The molecule has 2 aromatic carbocycles. The van der Waals surface area contributed by atoms with Crippen LogP contribution >= 0.6 is 11.9 Å². The summed E-state index contributed by atoms with van der Waals surface area (Å²) in [6.07, 6.45) is 0.758. The van der Waals surface area contributed by atoms with Gasteiger partial charge in [-0.2, -0.15) is 0 Å². The minimum Gasteiger partial charge on any atom is -0.494 e. The second kappa shape index (κ2) is 10.9. The van der Waals surface area contributed by atoms with E-state index >= 15 is 0 Å². The zero-order valence-electron chi connectivity index (χ0n) is 19.0. The molecule has 0 bridgehead atoms. The van der Waals surface area contributed by atoms with Gasteiger partial charge in [-0.25, -0.2) is 9.37 Å². The minimum absolute atomic E-state index is 0.243. The molecule has 4 aromatic rings. The van der Waals surface area contributed by atoms with Crippen LogP contribution in [-0.2, 0) is 6.42 Å². The highest BCUT2D eigenvalue weighted by molar-refractivity contribution is 8.00. The summed E-state index contributed by atoms with van der Waals surface area (Å²) in [7, 11) is 4.75. The molecule has 0 saturated heterocycles. The first-order valence-corrected chi connectivity index (χ1v) is 11.4. The van der Waals surface area contributed by atoms with Gasteiger partial charge in [0.2, 0.25) is 11.8 Å². The summed E-state index contributed by atoms with van der Waals surface area (Å²) >= 11 is 1.46. The van der Waals surface area contributed by atoms with Gasteiger partial charge in [-0.15, -0.1) is 10.2 Å². The number of aromatic nitrogens is 4. The summed E-state index contributed by atoms with van der Waals surface area (Å²) in [5.74, 6) is 3.09. The number of hydrogen-bond acceptors (Lipinski definition) is 8. The molecule has 0 unspecified atom stereocenters. The van der Waals surface area contributed by atoms with Crippen molar-refractivity contribution < 1.29 is 18.6 Å². The highest BCUT2D eigenvalue weighted by Gasteiger charge is 2.23. The number of anilines is 1. The molecule has 0 amide bonds. The van der Waals surface area contributed by atoms with E-state index in [-0.39, 0.29) is 5.82 Å². The van der Waals surface area contributed by atoms with E-state index in [1.807, 2.05) is 34.9 Å². The normalized spacial score (nSPS) is 10.7. The second-order valence-electron chi connectivity index (χ2n) is 7.09. The Kier molecular flexibility index (Phi) is 7.48. The molecule has 0 saturated carbocycles. The molecular formula is C24H24FN5O3S. The Morgan fingerprint density at radius 1 is 0.882 bits per heavy atom. The van der Waals surface area contributed by atoms with Crippen molar-refractivity contribution in [3.63, 3.8) is 0 Å². The molecule has 1 N–H and O–H groups in total. The van der Waals surface area contributed by atoms with Gasteiger partial charge in [0.15, 0.2) is 5.82 Å². The second-order valence-corrected chi connectivity index (χ2v) is 7.99. The van der Waals surface area contributed by atoms with E-state index in [0.29, 0.717) is 40.5 Å². The van der Waals surface area contributed by atoms with Crippen LogP contribution in [0, 0.1) is 5.82 Å². The molecule has 8 nitrogen and oxygen atoms in total. The average Bonchev–Trinajstić information content (AvgIpc) is 3.30. The van der Waals surface area contributed by atoms with Crippen LogP contribution in [0.15, 0.2) is 60.7 Å². The molecule has 0 aliphatic rings. The molecule has 0 aliphatic carbocycles. The first-order chi connectivity index (χ1) is 16.6. The highest BCUT2D eigenvalue weighted by atomic mass is 32.2. The number of halogens is 1. The first-order valence-electron chi connectivity index (χ1n) is 10.4. The van der Waals surface area contributed by atoms with Crippen LogP contribution in [0.1, 0.15) is 5.56 Å². The number of rotatable bonds is 10. The largest absolute Gasteiger partial charge is 0.494 e. The first kappa shape index (κ1) is 23.4. The zero-order valence-corrected chi connectivity index (χ0v) is 19.8. The van der Waals surface area contributed by atoms with Gasteiger partial charge in [-0.05, 0) is 54.3 Å². The van der Waals surface area contributed by atoms with Gasteiger partial charge >= 0.3 is 0 Å². The number of aryl methyl sites for hydroxylation is 1. The third-order valence-electron chi connectivity index (χ3n) is 5.02. The SMILES string of the molecule is COc1cccc(-c2nnc(NSCCc3ccc(F)cc3)n2-c2c(OC)cccc2OC)n1. The molecule has 2 heterocycles. The smallest absolute Gasteiger partial charge is 0.239 e. The lowest BCUT2D eigenvalue weighted by atomic mass is 10.2. The number of pyridine rings is 1. The van der Waals surface area contributed by atoms with Crippen LogP contribution in [0.25, 0.3) is 17.2 Å². The van der Waals surface area contributed by atoms with Crippen molar-refractivity contribution in [1.82, 2.24) is 19.7 Å². The number of para-hydroxylation sites is 1. The summed E-state index contributed by atoms with van der Waals surface area (Å²) < 4.78 is 34.8. The molecule has 0 radical (unpaired) electrons.